The second kappa shape index (κ2) is 8.07. The quantitative estimate of drug-likeness (QED) is 0.515. The molecule has 5 atom stereocenters. The molecule has 2 nitrogen and oxygen atoms in total. The van der Waals surface area contributed by atoms with Crippen molar-refractivity contribution in [2.75, 3.05) is 7.11 Å². The summed E-state index contributed by atoms with van der Waals surface area (Å²) in [7, 11) is 1.75. The molecular formula is C22H32O2S. The first-order chi connectivity index (χ1) is 12.1. The lowest BCUT2D eigenvalue weighted by Gasteiger charge is -2.49. The van der Waals surface area contributed by atoms with Crippen LogP contribution >= 0.6 is 12.6 Å². The molecule has 3 rings (SSSR count). The van der Waals surface area contributed by atoms with Crippen molar-refractivity contribution in [3.63, 3.8) is 0 Å². The van der Waals surface area contributed by atoms with Crippen molar-refractivity contribution in [2.24, 2.45) is 23.7 Å². The number of phenolic OH excluding ortho intramolecular Hbond substituents is 1. The van der Waals surface area contributed by atoms with E-state index in [2.05, 4.69) is 13.8 Å². The van der Waals surface area contributed by atoms with Crippen molar-refractivity contribution < 1.29 is 9.84 Å². The van der Waals surface area contributed by atoms with Crippen LogP contribution in [0.1, 0.15) is 57.9 Å². The average Bonchev–Trinajstić information content (AvgIpc) is 2.62. The molecule has 0 amide bonds. The summed E-state index contributed by atoms with van der Waals surface area (Å²) in [5.41, 5.74) is 2.31. The number of thiol groups is 1. The Morgan fingerprint density at radius 2 is 1.96 bits per heavy atom. The Balaban J connectivity index is 2.07. The van der Waals surface area contributed by atoms with Gasteiger partial charge >= 0.3 is 0 Å². The van der Waals surface area contributed by atoms with Crippen LogP contribution in [0.15, 0.2) is 29.8 Å². The molecule has 3 heteroatoms. The van der Waals surface area contributed by atoms with Gasteiger partial charge in [0.15, 0.2) is 0 Å². The highest BCUT2D eigenvalue weighted by Crippen LogP contribution is 2.53. The third-order valence-electron chi connectivity index (χ3n) is 6.48. The molecule has 0 spiro atoms. The van der Waals surface area contributed by atoms with Crippen LogP contribution in [0, 0.1) is 23.7 Å². The Morgan fingerprint density at radius 1 is 1.24 bits per heavy atom. The minimum absolute atomic E-state index is 0.255. The summed E-state index contributed by atoms with van der Waals surface area (Å²) in [6.45, 7) is 4.67. The number of aromatic hydroxyl groups is 1. The van der Waals surface area contributed by atoms with Gasteiger partial charge in [0.25, 0.3) is 0 Å². The van der Waals surface area contributed by atoms with Gasteiger partial charge in [-0.15, -0.1) is 0 Å². The minimum Gasteiger partial charge on any atom is -0.508 e. The van der Waals surface area contributed by atoms with E-state index in [0.717, 1.165) is 23.2 Å². The molecular weight excluding hydrogens is 328 g/mol. The standard InChI is InChI=1S/C22H32O2S/c1-4-8-17-14(2)20(22(25)19-12-6-5-11-18(17)19)21(24-3)15-9-7-10-16(23)13-15/h7,9-10,13-14,17-19,22-23,25H,4-6,8,11-12H2,1-3H3/b21-20+. The number of hydrogen-bond donors (Lipinski definition) is 2. The maximum Gasteiger partial charge on any atom is 0.126 e. The molecule has 25 heavy (non-hydrogen) atoms. The molecule has 1 aromatic carbocycles. The summed E-state index contributed by atoms with van der Waals surface area (Å²) < 4.78 is 5.90. The van der Waals surface area contributed by atoms with E-state index in [1.54, 1.807) is 19.2 Å². The van der Waals surface area contributed by atoms with Crippen LogP contribution in [-0.4, -0.2) is 17.5 Å². The largest absolute Gasteiger partial charge is 0.508 e. The van der Waals surface area contributed by atoms with Crippen molar-refractivity contribution in [3.8, 4) is 5.75 Å². The van der Waals surface area contributed by atoms with Crippen LogP contribution < -0.4 is 0 Å². The molecule has 138 valence electrons. The molecule has 0 aromatic heterocycles. The maximum absolute atomic E-state index is 9.91. The van der Waals surface area contributed by atoms with Gasteiger partial charge in [0.05, 0.1) is 7.11 Å². The highest BCUT2D eigenvalue weighted by molar-refractivity contribution is 7.81. The molecule has 2 aliphatic rings. The third-order valence-corrected chi connectivity index (χ3v) is 7.14. The van der Waals surface area contributed by atoms with Crippen molar-refractivity contribution in [1.29, 1.82) is 0 Å². The Labute approximate surface area is 158 Å². The molecule has 1 aromatic rings. The molecule has 2 aliphatic carbocycles. The van der Waals surface area contributed by atoms with Crippen molar-refractivity contribution in [3.05, 3.63) is 35.4 Å². The van der Waals surface area contributed by atoms with E-state index in [0.29, 0.717) is 11.8 Å². The van der Waals surface area contributed by atoms with Gasteiger partial charge in [-0.05, 0) is 60.6 Å². The number of hydrogen-bond acceptors (Lipinski definition) is 3. The van der Waals surface area contributed by atoms with Gasteiger partial charge in [-0.25, -0.2) is 0 Å². The Bertz CT molecular complexity index is 624. The molecule has 5 unspecified atom stereocenters. The lowest BCUT2D eigenvalue weighted by Crippen LogP contribution is -2.44. The van der Waals surface area contributed by atoms with Crippen molar-refractivity contribution >= 4 is 18.4 Å². The van der Waals surface area contributed by atoms with E-state index >= 15 is 0 Å². The second-order valence-electron chi connectivity index (χ2n) is 7.84. The fraction of sp³-hybridized carbons (Fsp3) is 0.636. The van der Waals surface area contributed by atoms with Gasteiger partial charge < -0.3 is 9.84 Å². The van der Waals surface area contributed by atoms with Crippen molar-refractivity contribution in [2.45, 2.75) is 57.6 Å². The molecule has 2 saturated carbocycles. The first kappa shape index (κ1) is 18.7. The molecule has 0 bridgehead atoms. The SMILES string of the molecule is CCCC1C(C)/C(=C(\OC)c2cccc(O)c2)C(S)C2CCCCC12. The summed E-state index contributed by atoms with van der Waals surface area (Å²) >= 11 is 5.12. The van der Waals surface area contributed by atoms with Gasteiger partial charge in [0, 0.05) is 10.8 Å². The summed E-state index contributed by atoms with van der Waals surface area (Å²) in [6.07, 6.45) is 7.86. The van der Waals surface area contributed by atoms with E-state index in [1.807, 2.05) is 12.1 Å². The predicted octanol–water partition coefficient (Wildman–Crippen LogP) is 5.92. The molecule has 0 aliphatic heterocycles. The van der Waals surface area contributed by atoms with Crippen molar-refractivity contribution in [1.82, 2.24) is 0 Å². The van der Waals surface area contributed by atoms with Crippen LogP contribution in [0.25, 0.3) is 5.76 Å². The first-order valence-corrected chi connectivity index (χ1v) is 10.4. The van der Waals surface area contributed by atoms with Gasteiger partial charge in [-0.1, -0.05) is 45.2 Å². The van der Waals surface area contributed by atoms with Crippen LogP contribution in [0.2, 0.25) is 0 Å². The number of methoxy groups -OCH3 is 1. The van der Waals surface area contributed by atoms with Gasteiger partial charge in [0.2, 0.25) is 0 Å². The van der Waals surface area contributed by atoms with Gasteiger partial charge in [-0.3, -0.25) is 0 Å². The minimum atomic E-state index is 0.255. The van der Waals surface area contributed by atoms with E-state index in [-0.39, 0.29) is 11.0 Å². The maximum atomic E-state index is 9.91. The average molecular weight is 361 g/mol. The summed E-state index contributed by atoms with van der Waals surface area (Å²) in [4.78, 5) is 0. The van der Waals surface area contributed by atoms with E-state index in [1.165, 1.54) is 44.1 Å². The predicted molar refractivity (Wildman–Crippen MR) is 108 cm³/mol. The van der Waals surface area contributed by atoms with E-state index in [4.69, 9.17) is 17.4 Å². The number of fused-ring (bicyclic) bond motifs is 1. The lowest BCUT2D eigenvalue weighted by molar-refractivity contribution is 0.0934. The number of phenols is 1. The van der Waals surface area contributed by atoms with E-state index in [9.17, 15) is 5.11 Å². The smallest absolute Gasteiger partial charge is 0.126 e. The molecule has 0 saturated heterocycles. The van der Waals surface area contributed by atoms with Crippen LogP contribution in [0.3, 0.4) is 0 Å². The van der Waals surface area contributed by atoms with Crippen LogP contribution in [-0.2, 0) is 4.74 Å². The van der Waals surface area contributed by atoms with E-state index < -0.39 is 0 Å². The zero-order valence-electron chi connectivity index (χ0n) is 15.7. The lowest BCUT2D eigenvalue weighted by atomic mass is 9.58. The molecule has 2 fully saturated rings. The third kappa shape index (κ3) is 3.58. The number of benzene rings is 1. The highest BCUT2D eigenvalue weighted by atomic mass is 32.1. The summed E-state index contributed by atoms with van der Waals surface area (Å²) in [5.74, 6) is 3.86. The first-order valence-electron chi connectivity index (χ1n) is 9.84. The molecule has 0 radical (unpaired) electrons. The van der Waals surface area contributed by atoms with Gasteiger partial charge in [0.1, 0.15) is 11.5 Å². The Kier molecular flexibility index (Phi) is 6.04. The fourth-order valence-corrected chi connectivity index (χ4v) is 6.12. The number of ether oxygens (including phenoxy) is 1. The Hall–Kier alpha value is -1.09. The second-order valence-corrected chi connectivity index (χ2v) is 8.39. The van der Waals surface area contributed by atoms with Gasteiger partial charge in [-0.2, -0.15) is 12.6 Å². The van der Waals surface area contributed by atoms with Crippen LogP contribution in [0.5, 0.6) is 5.75 Å². The topological polar surface area (TPSA) is 29.5 Å². The fourth-order valence-electron chi connectivity index (χ4n) is 5.40. The molecule has 0 heterocycles. The normalized spacial score (nSPS) is 34.3. The highest BCUT2D eigenvalue weighted by Gasteiger charge is 2.46. The molecule has 1 N–H and O–H groups in total. The Morgan fingerprint density at radius 3 is 2.60 bits per heavy atom. The summed E-state index contributed by atoms with van der Waals surface area (Å²) in [5, 5.41) is 10.2. The van der Waals surface area contributed by atoms with Crippen LogP contribution in [0.4, 0.5) is 0 Å². The monoisotopic (exact) mass is 360 g/mol. The number of rotatable bonds is 4. The zero-order chi connectivity index (χ0) is 18.0. The summed E-state index contributed by atoms with van der Waals surface area (Å²) in [6, 6.07) is 7.43. The zero-order valence-corrected chi connectivity index (χ0v) is 16.6.